The van der Waals surface area contributed by atoms with Gasteiger partial charge in [0.15, 0.2) is 5.16 Å². The molecule has 27 heavy (non-hydrogen) atoms. The molecule has 0 aliphatic heterocycles. The zero-order valence-electron chi connectivity index (χ0n) is 14.6. The number of rotatable bonds is 6. The first kappa shape index (κ1) is 18.9. The monoisotopic (exact) mass is 399 g/mol. The highest BCUT2D eigenvalue weighted by Gasteiger charge is 2.17. The van der Waals surface area contributed by atoms with Gasteiger partial charge in [0.05, 0.1) is 23.6 Å². The summed E-state index contributed by atoms with van der Waals surface area (Å²) in [7, 11) is 1.64. The molecule has 0 atom stereocenters. The normalized spacial score (nSPS) is 10.7. The van der Waals surface area contributed by atoms with Crippen LogP contribution in [0.3, 0.4) is 0 Å². The Balaban J connectivity index is 1.87. The number of benzene rings is 1. The number of hydrogen-bond donors (Lipinski definition) is 1. The van der Waals surface area contributed by atoms with Crippen molar-refractivity contribution in [3.63, 3.8) is 0 Å². The summed E-state index contributed by atoms with van der Waals surface area (Å²) in [6.07, 6.45) is 0.274. The first-order chi connectivity index (χ1) is 13.0. The highest BCUT2D eigenvalue weighted by atomic mass is 32.2. The quantitative estimate of drug-likeness (QED) is 0.387. The van der Waals surface area contributed by atoms with E-state index in [0.717, 1.165) is 27.6 Å². The lowest BCUT2D eigenvalue weighted by Gasteiger charge is -2.15. The molecule has 0 spiro atoms. The zero-order valence-corrected chi connectivity index (χ0v) is 16.2. The van der Waals surface area contributed by atoms with Crippen LogP contribution in [0, 0.1) is 11.3 Å². The van der Waals surface area contributed by atoms with Crippen molar-refractivity contribution in [3.8, 4) is 17.2 Å². The largest absolute Gasteiger partial charge is 0.344 e. The van der Waals surface area contributed by atoms with Crippen LogP contribution in [0.4, 0.5) is 0 Å². The van der Waals surface area contributed by atoms with Crippen LogP contribution in [0.5, 0.6) is 0 Å². The maximum atomic E-state index is 12.8. The molecule has 3 aromatic rings. The van der Waals surface area contributed by atoms with Crippen LogP contribution in [-0.2, 0) is 4.79 Å². The van der Waals surface area contributed by atoms with Gasteiger partial charge in [-0.25, -0.2) is 9.66 Å². The van der Waals surface area contributed by atoms with E-state index in [1.54, 1.807) is 7.05 Å². The van der Waals surface area contributed by atoms with Gasteiger partial charge in [0, 0.05) is 24.5 Å². The summed E-state index contributed by atoms with van der Waals surface area (Å²) in [6.45, 7) is 0.364. The van der Waals surface area contributed by atoms with E-state index in [4.69, 9.17) is 11.1 Å². The van der Waals surface area contributed by atoms with Crippen molar-refractivity contribution < 1.29 is 4.79 Å². The Morgan fingerprint density at radius 2 is 2.15 bits per heavy atom. The molecule has 0 saturated heterocycles. The summed E-state index contributed by atoms with van der Waals surface area (Å²) in [5.74, 6) is 5.89. The molecule has 0 unspecified atom stereocenters. The van der Waals surface area contributed by atoms with Crippen molar-refractivity contribution >= 4 is 39.2 Å². The predicted molar refractivity (Wildman–Crippen MR) is 108 cm³/mol. The number of aromatic nitrogens is 2. The van der Waals surface area contributed by atoms with E-state index in [1.165, 1.54) is 16.2 Å². The van der Waals surface area contributed by atoms with Crippen molar-refractivity contribution in [2.75, 3.05) is 25.2 Å². The Hall–Kier alpha value is -2.83. The second kappa shape index (κ2) is 8.24. The van der Waals surface area contributed by atoms with Gasteiger partial charge in [-0.3, -0.25) is 9.59 Å². The van der Waals surface area contributed by atoms with Crippen molar-refractivity contribution in [1.29, 1.82) is 5.26 Å². The van der Waals surface area contributed by atoms with E-state index in [-0.39, 0.29) is 28.8 Å². The van der Waals surface area contributed by atoms with E-state index in [9.17, 15) is 9.59 Å². The Labute approximate surface area is 164 Å². The number of carbonyl (C=O) groups excluding carboxylic acids is 1. The van der Waals surface area contributed by atoms with Gasteiger partial charge in [0.25, 0.3) is 5.56 Å². The second-order valence-electron chi connectivity index (χ2n) is 5.78. The molecule has 0 fully saturated rings. The fourth-order valence-corrected chi connectivity index (χ4v) is 4.34. The van der Waals surface area contributed by atoms with Gasteiger partial charge in [0.2, 0.25) is 5.91 Å². The minimum atomic E-state index is -0.340. The van der Waals surface area contributed by atoms with Gasteiger partial charge in [-0.1, -0.05) is 42.1 Å². The van der Waals surface area contributed by atoms with Gasteiger partial charge in [-0.15, -0.1) is 11.3 Å². The van der Waals surface area contributed by atoms with Crippen LogP contribution in [0.25, 0.3) is 21.3 Å². The van der Waals surface area contributed by atoms with Gasteiger partial charge in [-0.2, -0.15) is 5.26 Å². The van der Waals surface area contributed by atoms with Gasteiger partial charge in [-0.05, 0) is 5.56 Å². The number of hydrogen-bond acceptors (Lipinski definition) is 7. The molecule has 7 nitrogen and oxygen atoms in total. The number of carbonyl (C=O) groups is 1. The lowest BCUT2D eigenvalue weighted by molar-refractivity contribution is -0.127. The van der Waals surface area contributed by atoms with Crippen molar-refractivity contribution in [3.05, 3.63) is 46.1 Å². The molecule has 0 aliphatic rings. The number of nitriles is 1. The summed E-state index contributed by atoms with van der Waals surface area (Å²) in [6, 6.07) is 11.6. The predicted octanol–water partition coefficient (Wildman–Crippen LogP) is 2.30. The first-order valence-corrected chi connectivity index (χ1v) is 9.98. The summed E-state index contributed by atoms with van der Waals surface area (Å²) in [4.78, 5) is 31.4. The molecule has 0 saturated carbocycles. The van der Waals surface area contributed by atoms with E-state index in [1.807, 2.05) is 41.8 Å². The Morgan fingerprint density at radius 3 is 2.85 bits per heavy atom. The molecular weight excluding hydrogens is 382 g/mol. The topological polar surface area (TPSA) is 105 Å². The number of nitrogens with two attached hydrogens (primary N) is 1. The molecule has 1 aromatic carbocycles. The molecule has 0 bridgehead atoms. The van der Waals surface area contributed by atoms with Crippen molar-refractivity contribution in [1.82, 2.24) is 14.6 Å². The molecule has 9 heteroatoms. The van der Waals surface area contributed by atoms with E-state index >= 15 is 0 Å². The maximum Gasteiger partial charge on any atom is 0.282 e. The molecule has 138 valence electrons. The maximum absolute atomic E-state index is 12.8. The first-order valence-electron chi connectivity index (χ1n) is 8.11. The average Bonchev–Trinajstić information content (AvgIpc) is 3.12. The van der Waals surface area contributed by atoms with Gasteiger partial charge < -0.3 is 10.7 Å². The molecule has 0 radical (unpaired) electrons. The molecule has 3 rings (SSSR count). The second-order valence-corrected chi connectivity index (χ2v) is 7.58. The highest BCUT2D eigenvalue weighted by Crippen LogP contribution is 2.31. The molecule has 0 aliphatic carbocycles. The number of thiophene rings is 1. The summed E-state index contributed by atoms with van der Waals surface area (Å²) < 4.78 is 0.995. The SMILES string of the molecule is CN(CCC#N)C(=O)CSc1nc2scc(-c3ccccc3)c2c(=O)n1N. The third-order valence-corrected chi connectivity index (χ3v) is 5.81. The smallest absolute Gasteiger partial charge is 0.282 e. The van der Waals surface area contributed by atoms with Gasteiger partial charge in [0.1, 0.15) is 4.83 Å². The Morgan fingerprint density at radius 1 is 1.41 bits per heavy atom. The summed E-state index contributed by atoms with van der Waals surface area (Å²) in [5, 5.41) is 11.3. The van der Waals surface area contributed by atoms with Crippen LogP contribution in [-0.4, -0.2) is 39.8 Å². The average molecular weight is 400 g/mol. The third-order valence-electron chi connectivity index (χ3n) is 4.00. The van der Waals surface area contributed by atoms with Crippen molar-refractivity contribution in [2.45, 2.75) is 11.6 Å². The minimum Gasteiger partial charge on any atom is -0.344 e. The minimum absolute atomic E-state index is 0.0913. The number of nitrogens with zero attached hydrogens (tertiary/aromatic N) is 4. The van der Waals surface area contributed by atoms with Crippen LogP contribution in [0.1, 0.15) is 6.42 Å². The van der Waals surface area contributed by atoms with E-state index in [2.05, 4.69) is 4.98 Å². The highest BCUT2D eigenvalue weighted by molar-refractivity contribution is 7.99. The van der Waals surface area contributed by atoms with Crippen LogP contribution in [0.2, 0.25) is 0 Å². The number of thioether (sulfide) groups is 1. The Bertz CT molecular complexity index is 1070. The van der Waals surface area contributed by atoms with E-state index < -0.39 is 0 Å². The standard InChI is InChI=1S/C18H17N5O2S2/c1-22(9-5-8-19)14(24)11-27-18-21-16-15(17(25)23(18)20)13(10-26-16)12-6-3-2-4-7-12/h2-4,6-7,10H,5,9,11,20H2,1H3. The van der Waals surface area contributed by atoms with E-state index in [0.29, 0.717) is 16.8 Å². The fourth-order valence-electron chi connectivity index (χ4n) is 2.50. The summed E-state index contributed by atoms with van der Waals surface area (Å²) in [5.41, 5.74) is 1.39. The van der Waals surface area contributed by atoms with Crippen LogP contribution < -0.4 is 11.4 Å². The lowest BCUT2D eigenvalue weighted by Crippen LogP contribution is -2.32. The molecule has 2 heterocycles. The van der Waals surface area contributed by atoms with Crippen LogP contribution in [0.15, 0.2) is 45.7 Å². The third kappa shape index (κ3) is 3.97. The zero-order chi connectivity index (χ0) is 19.4. The molecule has 2 aromatic heterocycles. The summed E-state index contributed by atoms with van der Waals surface area (Å²) >= 11 is 2.48. The molecular formula is C18H17N5O2S2. The number of amides is 1. The van der Waals surface area contributed by atoms with Crippen LogP contribution >= 0.6 is 23.1 Å². The molecule has 1 amide bonds. The lowest BCUT2D eigenvalue weighted by atomic mass is 10.1. The number of fused-ring (bicyclic) bond motifs is 1. The van der Waals surface area contributed by atoms with Gasteiger partial charge >= 0.3 is 0 Å². The van der Waals surface area contributed by atoms with Crippen molar-refractivity contribution in [2.24, 2.45) is 0 Å². The Kier molecular flexibility index (Phi) is 5.78. The fraction of sp³-hybridized carbons (Fsp3) is 0.222. The number of nitrogen functional groups attached to an aromatic ring is 1. The molecule has 2 N–H and O–H groups in total.